The van der Waals surface area contributed by atoms with Gasteiger partial charge in [0.25, 0.3) is 0 Å². The van der Waals surface area contributed by atoms with Crippen LogP contribution in [0.1, 0.15) is 47.7 Å². The predicted molar refractivity (Wildman–Crippen MR) is 74.5 cm³/mol. The Labute approximate surface area is 121 Å². The van der Waals surface area contributed by atoms with Crippen LogP contribution < -0.4 is 5.73 Å². The van der Waals surface area contributed by atoms with Gasteiger partial charge in [-0.25, -0.2) is 8.78 Å². The van der Waals surface area contributed by atoms with Gasteiger partial charge in [-0.1, -0.05) is 18.2 Å². The van der Waals surface area contributed by atoms with Gasteiger partial charge in [-0.3, -0.25) is 4.98 Å². The number of benzene rings is 1. The summed E-state index contributed by atoms with van der Waals surface area (Å²) in [6.45, 7) is 0. The first-order valence-corrected chi connectivity index (χ1v) is 6.92. The molecular formula is C16H16F2N2O. The summed E-state index contributed by atoms with van der Waals surface area (Å²) in [5.74, 6) is -2.13. The van der Waals surface area contributed by atoms with Crippen LogP contribution in [0.15, 0.2) is 36.5 Å². The second-order valence-corrected chi connectivity index (χ2v) is 5.35. The average Bonchev–Trinajstić information content (AvgIpc) is 2.62. The zero-order valence-electron chi connectivity index (χ0n) is 11.3. The highest BCUT2D eigenvalue weighted by atomic mass is 19.2. The van der Waals surface area contributed by atoms with Gasteiger partial charge in [0.2, 0.25) is 0 Å². The molecule has 1 aliphatic carbocycles. The lowest BCUT2D eigenvalue weighted by Crippen LogP contribution is -2.21. The van der Waals surface area contributed by atoms with E-state index in [-0.39, 0.29) is 11.5 Å². The fraction of sp³-hybridized carbons (Fsp3) is 0.312. The minimum Gasteiger partial charge on any atom is -0.387 e. The van der Waals surface area contributed by atoms with Gasteiger partial charge >= 0.3 is 0 Å². The molecule has 3 atom stereocenters. The standard InChI is InChI=1S/C16H16F2N2O/c17-12-5-1-3-9(14(12)18)10-6-7-13(21)16-11(15(10)19)4-2-8-20-16/h1-5,8,10,13,15,21H,6-7,19H2/t10-,13+,15+/m0/s1. The van der Waals surface area contributed by atoms with E-state index in [1.807, 2.05) is 0 Å². The maximum absolute atomic E-state index is 14.1. The quantitative estimate of drug-likeness (QED) is 0.794. The number of hydrogen-bond donors (Lipinski definition) is 2. The van der Waals surface area contributed by atoms with Crippen molar-refractivity contribution in [3.05, 3.63) is 65.0 Å². The third-order valence-corrected chi connectivity index (χ3v) is 4.11. The number of fused-ring (bicyclic) bond motifs is 1. The molecule has 0 fully saturated rings. The molecule has 1 aromatic carbocycles. The first-order valence-electron chi connectivity index (χ1n) is 6.92. The molecule has 1 aliphatic rings. The molecule has 0 saturated heterocycles. The Hall–Kier alpha value is -1.85. The molecule has 5 heteroatoms. The summed E-state index contributed by atoms with van der Waals surface area (Å²) in [6, 6.07) is 7.11. The maximum Gasteiger partial charge on any atom is 0.162 e. The van der Waals surface area contributed by atoms with E-state index in [9.17, 15) is 13.9 Å². The summed E-state index contributed by atoms with van der Waals surface area (Å²) >= 11 is 0. The van der Waals surface area contributed by atoms with Crippen molar-refractivity contribution in [2.24, 2.45) is 5.73 Å². The molecule has 0 amide bonds. The monoisotopic (exact) mass is 290 g/mol. The van der Waals surface area contributed by atoms with Gasteiger partial charge in [0.1, 0.15) is 0 Å². The van der Waals surface area contributed by atoms with Crippen molar-refractivity contribution in [2.45, 2.75) is 30.9 Å². The van der Waals surface area contributed by atoms with Crippen LogP contribution in [-0.2, 0) is 0 Å². The molecule has 0 spiro atoms. The van der Waals surface area contributed by atoms with Crippen molar-refractivity contribution < 1.29 is 13.9 Å². The Morgan fingerprint density at radius 3 is 2.67 bits per heavy atom. The smallest absolute Gasteiger partial charge is 0.162 e. The molecule has 0 radical (unpaired) electrons. The first-order chi connectivity index (χ1) is 10.1. The van der Waals surface area contributed by atoms with Crippen LogP contribution in [-0.4, -0.2) is 10.1 Å². The molecule has 110 valence electrons. The summed E-state index contributed by atoms with van der Waals surface area (Å²) < 4.78 is 27.5. The van der Waals surface area contributed by atoms with Crippen molar-refractivity contribution in [1.82, 2.24) is 4.98 Å². The molecule has 0 saturated carbocycles. The molecule has 3 N–H and O–H groups in total. The van der Waals surface area contributed by atoms with Crippen molar-refractivity contribution in [2.75, 3.05) is 0 Å². The Balaban J connectivity index is 2.07. The number of nitrogens with zero attached hydrogens (tertiary/aromatic N) is 1. The average molecular weight is 290 g/mol. The van der Waals surface area contributed by atoms with E-state index in [2.05, 4.69) is 4.98 Å². The van der Waals surface area contributed by atoms with E-state index in [1.165, 1.54) is 6.07 Å². The summed E-state index contributed by atoms with van der Waals surface area (Å²) in [6.07, 6.45) is 1.75. The molecule has 3 rings (SSSR count). The minimum atomic E-state index is -0.879. The lowest BCUT2D eigenvalue weighted by atomic mass is 9.86. The summed E-state index contributed by atoms with van der Waals surface area (Å²) in [5, 5.41) is 10.2. The van der Waals surface area contributed by atoms with Crippen molar-refractivity contribution >= 4 is 0 Å². The zero-order chi connectivity index (χ0) is 15.0. The van der Waals surface area contributed by atoms with Gasteiger partial charge in [-0.15, -0.1) is 0 Å². The Morgan fingerprint density at radius 1 is 1.10 bits per heavy atom. The predicted octanol–water partition coefficient (Wildman–Crippen LogP) is 2.97. The van der Waals surface area contributed by atoms with Gasteiger partial charge in [0, 0.05) is 18.2 Å². The van der Waals surface area contributed by atoms with Crippen LogP contribution in [0.25, 0.3) is 0 Å². The molecule has 2 aromatic rings. The summed E-state index contributed by atoms with van der Waals surface area (Å²) in [7, 11) is 0. The number of aliphatic hydroxyl groups excluding tert-OH is 1. The number of rotatable bonds is 1. The molecule has 1 aromatic heterocycles. The molecule has 21 heavy (non-hydrogen) atoms. The maximum atomic E-state index is 14.1. The van der Waals surface area contributed by atoms with E-state index in [0.717, 1.165) is 6.07 Å². The van der Waals surface area contributed by atoms with Gasteiger partial charge in [0.15, 0.2) is 11.6 Å². The molecule has 0 unspecified atom stereocenters. The van der Waals surface area contributed by atoms with Gasteiger partial charge in [-0.2, -0.15) is 0 Å². The van der Waals surface area contributed by atoms with Crippen molar-refractivity contribution in [3.63, 3.8) is 0 Å². The fourth-order valence-corrected chi connectivity index (χ4v) is 3.02. The van der Waals surface area contributed by atoms with Crippen LogP contribution in [0.4, 0.5) is 8.78 Å². The largest absolute Gasteiger partial charge is 0.387 e. The molecule has 0 aliphatic heterocycles. The molecule has 3 nitrogen and oxygen atoms in total. The lowest BCUT2D eigenvalue weighted by Gasteiger charge is -2.23. The van der Waals surface area contributed by atoms with Crippen LogP contribution in [0.2, 0.25) is 0 Å². The third-order valence-electron chi connectivity index (χ3n) is 4.11. The van der Waals surface area contributed by atoms with E-state index in [0.29, 0.717) is 24.1 Å². The van der Waals surface area contributed by atoms with Gasteiger partial charge in [0.05, 0.1) is 11.8 Å². The van der Waals surface area contributed by atoms with Gasteiger partial charge in [-0.05, 0) is 36.1 Å². The number of halogens is 2. The lowest BCUT2D eigenvalue weighted by molar-refractivity contribution is 0.160. The minimum absolute atomic E-state index is 0.256. The van der Waals surface area contributed by atoms with Gasteiger partial charge < -0.3 is 10.8 Å². The number of aliphatic hydroxyl groups is 1. The number of aromatic nitrogens is 1. The Kier molecular flexibility index (Phi) is 3.69. The second kappa shape index (κ2) is 5.50. The second-order valence-electron chi connectivity index (χ2n) is 5.35. The highest BCUT2D eigenvalue weighted by Gasteiger charge is 2.32. The fourth-order valence-electron chi connectivity index (χ4n) is 3.02. The number of hydrogen-bond acceptors (Lipinski definition) is 3. The molecule has 1 heterocycles. The van der Waals surface area contributed by atoms with Crippen LogP contribution in [0.5, 0.6) is 0 Å². The number of nitrogens with two attached hydrogens (primary N) is 1. The number of pyridine rings is 1. The van der Waals surface area contributed by atoms with E-state index in [4.69, 9.17) is 5.73 Å². The van der Waals surface area contributed by atoms with E-state index >= 15 is 0 Å². The normalized spacial score (nSPS) is 25.2. The highest BCUT2D eigenvalue weighted by molar-refractivity contribution is 5.33. The Morgan fingerprint density at radius 2 is 1.86 bits per heavy atom. The van der Waals surface area contributed by atoms with Crippen LogP contribution in [0, 0.1) is 11.6 Å². The zero-order valence-corrected chi connectivity index (χ0v) is 11.3. The molecule has 0 bridgehead atoms. The summed E-state index contributed by atoms with van der Waals surface area (Å²) in [4.78, 5) is 4.18. The first kappa shape index (κ1) is 14.1. The van der Waals surface area contributed by atoms with E-state index < -0.39 is 23.8 Å². The molecular weight excluding hydrogens is 274 g/mol. The van der Waals surface area contributed by atoms with Crippen molar-refractivity contribution in [3.8, 4) is 0 Å². The third kappa shape index (κ3) is 2.43. The van der Waals surface area contributed by atoms with Crippen LogP contribution >= 0.6 is 0 Å². The van der Waals surface area contributed by atoms with Crippen molar-refractivity contribution in [1.29, 1.82) is 0 Å². The SMILES string of the molecule is N[C@H]1c2cccnc2[C@H](O)CC[C@H]1c1cccc(F)c1F. The van der Waals surface area contributed by atoms with E-state index in [1.54, 1.807) is 24.4 Å². The summed E-state index contributed by atoms with van der Waals surface area (Å²) in [5.41, 5.74) is 7.74. The highest BCUT2D eigenvalue weighted by Crippen LogP contribution is 2.41. The Bertz CT molecular complexity index is 662. The van der Waals surface area contributed by atoms with Crippen LogP contribution in [0.3, 0.4) is 0 Å². The topological polar surface area (TPSA) is 59.1 Å².